The number of rotatable bonds is 5. The van der Waals surface area contributed by atoms with Crippen LogP contribution in [0.2, 0.25) is 0 Å². The zero-order chi connectivity index (χ0) is 12.9. The van der Waals surface area contributed by atoms with Crippen LogP contribution in [0.3, 0.4) is 0 Å². The summed E-state index contributed by atoms with van der Waals surface area (Å²) in [5.41, 5.74) is 0.0797. The summed E-state index contributed by atoms with van der Waals surface area (Å²) >= 11 is 0. The van der Waals surface area contributed by atoms with Crippen LogP contribution in [-0.4, -0.2) is 18.5 Å². The molecule has 102 valence electrons. The van der Waals surface area contributed by atoms with Gasteiger partial charge in [-0.15, -0.1) is 0 Å². The van der Waals surface area contributed by atoms with Gasteiger partial charge in [0.2, 0.25) is 0 Å². The van der Waals surface area contributed by atoms with Crippen LogP contribution in [0, 0.1) is 5.41 Å². The van der Waals surface area contributed by atoms with E-state index in [1.807, 2.05) is 0 Å². The SMILES string of the molecule is CCCCCC[C@H]1C[C@H](C)OC(C(C)(C)C)O1. The van der Waals surface area contributed by atoms with Crippen LogP contribution in [0.4, 0.5) is 0 Å². The highest BCUT2D eigenvalue weighted by Crippen LogP contribution is 2.32. The molecule has 2 nitrogen and oxygen atoms in total. The van der Waals surface area contributed by atoms with Crippen LogP contribution in [-0.2, 0) is 9.47 Å². The van der Waals surface area contributed by atoms with Gasteiger partial charge < -0.3 is 9.47 Å². The fourth-order valence-electron chi connectivity index (χ4n) is 2.29. The Morgan fingerprint density at radius 3 is 2.35 bits per heavy atom. The first kappa shape index (κ1) is 15.0. The van der Waals surface area contributed by atoms with E-state index in [1.54, 1.807) is 0 Å². The maximum Gasteiger partial charge on any atom is 0.163 e. The van der Waals surface area contributed by atoms with E-state index in [1.165, 1.54) is 32.1 Å². The normalized spacial score (nSPS) is 30.5. The van der Waals surface area contributed by atoms with Crippen LogP contribution in [0.1, 0.15) is 73.1 Å². The Balaban J connectivity index is 2.35. The summed E-state index contributed by atoms with van der Waals surface area (Å²) in [4.78, 5) is 0. The highest BCUT2D eigenvalue weighted by molar-refractivity contribution is 4.76. The van der Waals surface area contributed by atoms with E-state index >= 15 is 0 Å². The molecule has 0 saturated carbocycles. The van der Waals surface area contributed by atoms with Gasteiger partial charge >= 0.3 is 0 Å². The van der Waals surface area contributed by atoms with E-state index in [9.17, 15) is 0 Å². The quantitative estimate of drug-likeness (QED) is 0.660. The molecule has 1 heterocycles. The Labute approximate surface area is 107 Å². The maximum atomic E-state index is 6.08. The number of unbranched alkanes of at least 4 members (excludes halogenated alkanes) is 3. The smallest absolute Gasteiger partial charge is 0.163 e. The zero-order valence-corrected chi connectivity index (χ0v) is 12.3. The average molecular weight is 242 g/mol. The second kappa shape index (κ2) is 6.75. The minimum absolute atomic E-state index is 0.0394. The molecule has 17 heavy (non-hydrogen) atoms. The Bertz CT molecular complexity index is 207. The van der Waals surface area contributed by atoms with Crippen molar-refractivity contribution in [1.29, 1.82) is 0 Å². The van der Waals surface area contributed by atoms with Crippen LogP contribution < -0.4 is 0 Å². The van der Waals surface area contributed by atoms with Gasteiger partial charge in [0.15, 0.2) is 6.29 Å². The van der Waals surface area contributed by atoms with Crippen molar-refractivity contribution in [1.82, 2.24) is 0 Å². The minimum atomic E-state index is -0.0394. The van der Waals surface area contributed by atoms with Crippen molar-refractivity contribution in [3.05, 3.63) is 0 Å². The van der Waals surface area contributed by atoms with Gasteiger partial charge in [-0.05, 0) is 19.8 Å². The first-order valence-electron chi connectivity index (χ1n) is 7.24. The summed E-state index contributed by atoms with van der Waals surface area (Å²) in [6, 6.07) is 0. The van der Waals surface area contributed by atoms with E-state index in [-0.39, 0.29) is 11.7 Å². The van der Waals surface area contributed by atoms with Crippen molar-refractivity contribution >= 4 is 0 Å². The summed E-state index contributed by atoms with van der Waals surface area (Å²) in [5.74, 6) is 0. The molecule has 0 N–H and O–H groups in total. The predicted octanol–water partition coefficient (Wildman–Crippen LogP) is 4.52. The van der Waals surface area contributed by atoms with Gasteiger partial charge in [0.1, 0.15) is 0 Å². The highest BCUT2D eigenvalue weighted by atomic mass is 16.7. The second-order valence-electron chi connectivity index (χ2n) is 6.49. The molecular weight excluding hydrogens is 212 g/mol. The molecule has 0 aliphatic carbocycles. The molecule has 1 aliphatic heterocycles. The fourth-order valence-corrected chi connectivity index (χ4v) is 2.29. The Hall–Kier alpha value is -0.0800. The van der Waals surface area contributed by atoms with Gasteiger partial charge in [0, 0.05) is 5.41 Å². The van der Waals surface area contributed by atoms with Gasteiger partial charge in [-0.25, -0.2) is 0 Å². The Morgan fingerprint density at radius 1 is 1.06 bits per heavy atom. The highest BCUT2D eigenvalue weighted by Gasteiger charge is 2.35. The summed E-state index contributed by atoms with van der Waals surface area (Å²) in [7, 11) is 0. The molecule has 0 bridgehead atoms. The fraction of sp³-hybridized carbons (Fsp3) is 1.00. The van der Waals surface area contributed by atoms with Crippen LogP contribution >= 0.6 is 0 Å². The molecule has 0 aromatic rings. The molecule has 1 fully saturated rings. The molecule has 1 aliphatic rings. The standard InChI is InChI=1S/C15H30O2/c1-6-7-8-9-10-13-11-12(2)16-14(17-13)15(3,4)5/h12-14H,6-11H2,1-5H3/t12-,13-,14?/m0/s1. The van der Waals surface area contributed by atoms with E-state index in [2.05, 4.69) is 34.6 Å². The van der Waals surface area contributed by atoms with Crippen molar-refractivity contribution in [3.8, 4) is 0 Å². The third kappa shape index (κ3) is 5.39. The minimum Gasteiger partial charge on any atom is -0.349 e. The Kier molecular flexibility index (Phi) is 5.94. The van der Waals surface area contributed by atoms with Crippen molar-refractivity contribution in [2.24, 2.45) is 5.41 Å². The predicted molar refractivity (Wildman–Crippen MR) is 72.0 cm³/mol. The number of ether oxygens (including phenoxy) is 2. The maximum absolute atomic E-state index is 6.08. The van der Waals surface area contributed by atoms with Gasteiger partial charge in [-0.2, -0.15) is 0 Å². The summed E-state index contributed by atoms with van der Waals surface area (Å²) < 4.78 is 12.0. The Morgan fingerprint density at radius 2 is 1.76 bits per heavy atom. The third-order valence-corrected chi connectivity index (χ3v) is 3.35. The lowest BCUT2D eigenvalue weighted by atomic mass is 9.94. The molecular formula is C15H30O2. The third-order valence-electron chi connectivity index (χ3n) is 3.35. The molecule has 0 radical (unpaired) electrons. The van der Waals surface area contributed by atoms with Crippen molar-refractivity contribution in [3.63, 3.8) is 0 Å². The topological polar surface area (TPSA) is 18.5 Å². The zero-order valence-electron chi connectivity index (χ0n) is 12.3. The molecule has 0 amide bonds. The lowest BCUT2D eigenvalue weighted by Crippen LogP contribution is -2.43. The molecule has 1 saturated heterocycles. The van der Waals surface area contributed by atoms with E-state index in [0.717, 1.165) is 6.42 Å². The van der Waals surface area contributed by atoms with Crippen molar-refractivity contribution in [2.75, 3.05) is 0 Å². The molecule has 3 atom stereocenters. The lowest BCUT2D eigenvalue weighted by molar-refractivity contribution is -0.276. The molecule has 0 spiro atoms. The van der Waals surface area contributed by atoms with Gasteiger partial charge in [-0.3, -0.25) is 0 Å². The molecule has 2 heteroatoms. The largest absolute Gasteiger partial charge is 0.349 e. The lowest BCUT2D eigenvalue weighted by Gasteiger charge is -2.40. The average Bonchev–Trinajstić information content (AvgIpc) is 2.22. The van der Waals surface area contributed by atoms with Gasteiger partial charge in [0.05, 0.1) is 12.2 Å². The van der Waals surface area contributed by atoms with E-state index < -0.39 is 0 Å². The molecule has 0 aromatic carbocycles. The monoisotopic (exact) mass is 242 g/mol. The van der Waals surface area contributed by atoms with Crippen molar-refractivity contribution in [2.45, 2.75) is 91.6 Å². The van der Waals surface area contributed by atoms with Gasteiger partial charge in [0.25, 0.3) is 0 Å². The number of hydrogen-bond donors (Lipinski definition) is 0. The summed E-state index contributed by atoms with van der Waals surface area (Å²) in [5, 5.41) is 0. The van der Waals surface area contributed by atoms with Gasteiger partial charge in [-0.1, -0.05) is 53.4 Å². The molecule has 1 rings (SSSR count). The first-order valence-corrected chi connectivity index (χ1v) is 7.24. The van der Waals surface area contributed by atoms with Crippen LogP contribution in [0.15, 0.2) is 0 Å². The van der Waals surface area contributed by atoms with Crippen molar-refractivity contribution < 1.29 is 9.47 Å². The summed E-state index contributed by atoms with van der Waals surface area (Å²) in [6.07, 6.45) is 8.23. The van der Waals surface area contributed by atoms with Crippen LogP contribution in [0.5, 0.6) is 0 Å². The number of hydrogen-bond acceptors (Lipinski definition) is 2. The summed E-state index contributed by atoms with van der Waals surface area (Å²) in [6.45, 7) is 11.0. The molecule has 1 unspecified atom stereocenters. The van der Waals surface area contributed by atoms with Crippen LogP contribution in [0.25, 0.3) is 0 Å². The second-order valence-corrected chi connectivity index (χ2v) is 6.49. The van der Waals surface area contributed by atoms with E-state index in [0.29, 0.717) is 12.2 Å². The van der Waals surface area contributed by atoms with E-state index in [4.69, 9.17) is 9.47 Å². The first-order chi connectivity index (χ1) is 7.93. The molecule has 0 aromatic heterocycles.